The van der Waals surface area contributed by atoms with E-state index in [1.807, 2.05) is 24.0 Å². The molecule has 0 N–H and O–H groups in total. The van der Waals surface area contributed by atoms with Crippen LogP contribution in [0, 0.1) is 6.92 Å². The predicted octanol–water partition coefficient (Wildman–Crippen LogP) is 2.86. The zero-order valence-electron chi connectivity index (χ0n) is 16.9. The lowest BCUT2D eigenvalue weighted by atomic mass is 10.1. The van der Waals surface area contributed by atoms with Crippen molar-refractivity contribution in [2.45, 2.75) is 37.4 Å². The molecular weight excluding hydrogens is 406 g/mol. The van der Waals surface area contributed by atoms with E-state index in [-0.39, 0.29) is 5.91 Å². The molecule has 1 fully saturated rings. The van der Waals surface area contributed by atoms with Crippen LogP contribution in [0.2, 0.25) is 0 Å². The Hall–Kier alpha value is -1.90. The van der Waals surface area contributed by atoms with Crippen LogP contribution in [0.4, 0.5) is 5.69 Å². The molecule has 3 heterocycles. The first-order valence-electron chi connectivity index (χ1n) is 10.1. The van der Waals surface area contributed by atoms with Crippen LogP contribution in [-0.4, -0.2) is 56.3 Å². The second kappa shape index (κ2) is 8.08. The zero-order valence-corrected chi connectivity index (χ0v) is 18.6. The molecule has 1 aromatic heterocycles. The van der Waals surface area contributed by atoms with E-state index < -0.39 is 10.0 Å². The van der Waals surface area contributed by atoms with Gasteiger partial charge in [0.25, 0.3) is 10.0 Å². The Balaban J connectivity index is 1.47. The fourth-order valence-electron chi connectivity index (χ4n) is 4.08. The number of piperazine rings is 1. The Morgan fingerprint density at radius 3 is 2.52 bits per heavy atom. The topological polar surface area (TPSA) is 60.9 Å². The van der Waals surface area contributed by atoms with Crippen molar-refractivity contribution in [3.05, 3.63) is 46.3 Å². The van der Waals surface area contributed by atoms with Crippen LogP contribution >= 0.6 is 11.3 Å². The van der Waals surface area contributed by atoms with Gasteiger partial charge in [0.2, 0.25) is 5.91 Å². The molecule has 0 unspecified atom stereocenters. The molecule has 29 heavy (non-hydrogen) atoms. The largest absolute Gasteiger partial charge is 0.369 e. The van der Waals surface area contributed by atoms with E-state index in [1.165, 1.54) is 22.6 Å². The average Bonchev–Trinajstić information content (AvgIpc) is 3.18. The van der Waals surface area contributed by atoms with E-state index >= 15 is 0 Å². The van der Waals surface area contributed by atoms with E-state index in [9.17, 15) is 13.2 Å². The molecule has 1 amide bonds. The summed E-state index contributed by atoms with van der Waals surface area (Å²) in [6.07, 6.45) is 1.22. The first-order valence-corrected chi connectivity index (χ1v) is 12.4. The van der Waals surface area contributed by atoms with E-state index in [0.29, 0.717) is 49.9 Å². The Morgan fingerprint density at radius 1 is 1.10 bits per heavy atom. The molecular formula is C21H27N3O3S2. The third-order valence-electron chi connectivity index (χ3n) is 5.79. The van der Waals surface area contributed by atoms with Gasteiger partial charge in [-0.15, -0.1) is 11.3 Å². The van der Waals surface area contributed by atoms with Gasteiger partial charge in [-0.1, -0.05) is 25.1 Å². The van der Waals surface area contributed by atoms with Crippen molar-refractivity contribution in [1.82, 2.24) is 9.21 Å². The van der Waals surface area contributed by atoms with Gasteiger partial charge in [-0.05, 0) is 36.6 Å². The molecule has 0 bridgehead atoms. The monoisotopic (exact) mass is 433 g/mol. The second-order valence-electron chi connectivity index (χ2n) is 7.61. The van der Waals surface area contributed by atoms with Gasteiger partial charge < -0.3 is 9.80 Å². The molecule has 8 heteroatoms. The Bertz CT molecular complexity index is 1010. The van der Waals surface area contributed by atoms with Crippen molar-refractivity contribution in [3.8, 4) is 0 Å². The number of sulfonamides is 1. The summed E-state index contributed by atoms with van der Waals surface area (Å²) >= 11 is 1.38. The normalized spacial score (nSPS) is 18.0. The standard InChI is InChI=1S/C21H27N3O3S2/c1-3-20(25)23-9-8-19-17(15-23)14-21(28-19)29(26,27)24-12-10-22(11-13-24)18-7-5-4-6-16(18)2/h4-7,14H,3,8-13,15H2,1-2H3. The van der Waals surface area contributed by atoms with Crippen molar-refractivity contribution in [2.24, 2.45) is 0 Å². The minimum absolute atomic E-state index is 0.124. The van der Waals surface area contributed by atoms with Gasteiger partial charge in [0.1, 0.15) is 4.21 Å². The van der Waals surface area contributed by atoms with Crippen LogP contribution in [0.15, 0.2) is 34.5 Å². The third kappa shape index (κ3) is 3.93. The van der Waals surface area contributed by atoms with E-state index in [4.69, 9.17) is 0 Å². The van der Waals surface area contributed by atoms with Crippen LogP contribution in [-0.2, 0) is 27.8 Å². The summed E-state index contributed by atoms with van der Waals surface area (Å²) in [4.78, 5) is 17.2. The number of hydrogen-bond acceptors (Lipinski definition) is 5. The maximum atomic E-state index is 13.2. The fourth-order valence-corrected chi connectivity index (χ4v) is 7.21. The van der Waals surface area contributed by atoms with Crippen LogP contribution in [0.25, 0.3) is 0 Å². The van der Waals surface area contributed by atoms with E-state index in [2.05, 4.69) is 24.0 Å². The number of benzene rings is 1. The maximum Gasteiger partial charge on any atom is 0.252 e. The lowest BCUT2D eigenvalue weighted by Gasteiger charge is -2.35. The van der Waals surface area contributed by atoms with Gasteiger partial charge in [-0.2, -0.15) is 4.31 Å². The molecule has 0 atom stereocenters. The van der Waals surface area contributed by atoms with Crippen molar-refractivity contribution >= 4 is 33.0 Å². The summed E-state index contributed by atoms with van der Waals surface area (Å²) in [5.41, 5.74) is 3.37. The first-order chi connectivity index (χ1) is 13.9. The van der Waals surface area contributed by atoms with Crippen molar-refractivity contribution in [3.63, 3.8) is 0 Å². The molecule has 0 radical (unpaired) electrons. The minimum atomic E-state index is -3.49. The average molecular weight is 434 g/mol. The SMILES string of the molecule is CCC(=O)N1CCc2sc(S(=O)(=O)N3CCN(c4ccccc4C)CC3)cc2C1. The molecule has 2 aliphatic rings. The maximum absolute atomic E-state index is 13.2. The molecule has 0 spiro atoms. The Kier molecular flexibility index (Phi) is 5.68. The van der Waals surface area contributed by atoms with Gasteiger partial charge in [0, 0.05) is 56.3 Å². The predicted molar refractivity (Wildman–Crippen MR) is 116 cm³/mol. The van der Waals surface area contributed by atoms with Crippen molar-refractivity contribution in [2.75, 3.05) is 37.6 Å². The summed E-state index contributed by atoms with van der Waals surface area (Å²) < 4.78 is 28.5. The van der Waals surface area contributed by atoms with Gasteiger partial charge >= 0.3 is 0 Å². The van der Waals surface area contributed by atoms with Gasteiger partial charge in [0.05, 0.1) is 0 Å². The third-order valence-corrected chi connectivity index (χ3v) is 9.37. The highest BCUT2D eigenvalue weighted by Gasteiger charge is 2.32. The molecule has 2 aliphatic heterocycles. The first kappa shape index (κ1) is 20.4. The molecule has 1 saturated heterocycles. The number of carbonyl (C=O) groups is 1. The molecule has 1 aromatic carbocycles. The summed E-state index contributed by atoms with van der Waals surface area (Å²) in [6, 6.07) is 10.0. The van der Waals surface area contributed by atoms with Gasteiger partial charge in [-0.3, -0.25) is 4.79 Å². The molecule has 6 nitrogen and oxygen atoms in total. The number of nitrogens with zero attached hydrogens (tertiary/aromatic N) is 3. The number of para-hydroxylation sites is 1. The fraction of sp³-hybridized carbons (Fsp3) is 0.476. The number of hydrogen-bond donors (Lipinski definition) is 0. The van der Waals surface area contributed by atoms with Crippen LogP contribution in [0.3, 0.4) is 0 Å². The molecule has 0 saturated carbocycles. The zero-order chi connectivity index (χ0) is 20.6. The number of carbonyl (C=O) groups excluding carboxylic acids is 1. The molecule has 0 aliphatic carbocycles. The quantitative estimate of drug-likeness (QED) is 0.744. The van der Waals surface area contributed by atoms with Crippen LogP contribution in [0.5, 0.6) is 0 Å². The minimum Gasteiger partial charge on any atom is -0.369 e. The molecule has 2 aromatic rings. The number of thiophene rings is 1. The molecule has 156 valence electrons. The highest BCUT2D eigenvalue weighted by molar-refractivity contribution is 7.91. The Labute approximate surface area is 176 Å². The smallest absolute Gasteiger partial charge is 0.252 e. The van der Waals surface area contributed by atoms with Gasteiger partial charge in [-0.25, -0.2) is 8.42 Å². The summed E-state index contributed by atoms with van der Waals surface area (Å²) in [7, 11) is -3.49. The van der Waals surface area contributed by atoms with Crippen LogP contribution < -0.4 is 4.90 Å². The van der Waals surface area contributed by atoms with Crippen molar-refractivity contribution < 1.29 is 13.2 Å². The second-order valence-corrected chi connectivity index (χ2v) is 10.9. The number of anilines is 1. The highest BCUT2D eigenvalue weighted by atomic mass is 32.2. The number of rotatable bonds is 4. The summed E-state index contributed by atoms with van der Waals surface area (Å²) in [6.45, 7) is 7.49. The van der Waals surface area contributed by atoms with Crippen LogP contribution in [0.1, 0.15) is 29.3 Å². The van der Waals surface area contributed by atoms with Gasteiger partial charge in [0.15, 0.2) is 0 Å². The van der Waals surface area contributed by atoms with E-state index in [1.54, 1.807) is 10.4 Å². The van der Waals surface area contributed by atoms with E-state index in [0.717, 1.165) is 16.9 Å². The lowest BCUT2D eigenvalue weighted by Crippen LogP contribution is -2.48. The summed E-state index contributed by atoms with van der Waals surface area (Å²) in [5.74, 6) is 0.124. The number of amides is 1. The van der Waals surface area contributed by atoms with Crippen molar-refractivity contribution in [1.29, 1.82) is 0 Å². The molecule has 4 rings (SSSR count). The number of aryl methyl sites for hydroxylation is 1. The number of fused-ring (bicyclic) bond motifs is 1. The lowest BCUT2D eigenvalue weighted by molar-refractivity contribution is -0.131. The Morgan fingerprint density at radius 2 is 1.83 bits per heavy atom. The highest BCUT2D eigenvalue weighted by Crippen LogP contribution is 2.33. The summed E-state index contributed by atoms with van der Waals surface area (Å²) in [5, 5.41) is 0.